The van der Waals surface area contributed by atoms with Crippen molar-refractivity contribution in [2.24, 2.45) is 11.5 Å². The lowest BCUT2D eigenvalue weighted by molar-refractivity contribution is 0.0999. The van der Waals surface area contributed by atoms with Crippen LogP contribution >= 0.6 is 15.9 Å². The average molecular weight is 326 g/mol. The van der Waals surface area contributed by atoms with Crippen molar-refractivity contribution in [3.8, 4) is 0 Å². The van der Waals surface area contributed by atoms with Crippen molar-refractivity contribution < 1.29 is 4.79 Å². The number of benzene rings is 1. The summed E-state index contributed by atoms with van der Waals surface area (Å²) in [6, 6.07) is 5.99. The summed E-state index contributed by atoms with van der Waals surface area (Å²) in [4.78, 5) is 11.2. The first-order chi connectivity index (χ1) is 9.08. The number of hydrogen-bond donors (Lipinski definition) is 3. The molecule has 19 heavy (non-hydrogen) atoms. The Bertz CT molecular complexity index is 464. The Morgan fingerprint density at radius 1 is 1.26 bits per heavy atom. The van der Waals surface area contributed by atoms with Gasteiger partial charge in [-0.1, -0.05) is 19.3 Å². The van der Waals surface area contributed by atoms with Gasteiger partial charge in [0.15, 0.2) is 0 Å². The van der Waals surface area contributed by atoms with Gasteiger partial charge >= 0.3 is 0 Å². The smallest absolute Gasteiger partial charge is 0.249 e. The second kappa shape index (κ2) is 6.39. The van der Waals surface area contributed by atoms with Gasteiger partial charge < -0.3 is 16.8 Å². The van der Waals surface area contributed by atoms with Crippen LogP contribution in [-0.4, -0.2) is 18.0 Å². The summed E-state index contributed by atoms with van der Waals surface area (Å²) in [6.45, 7) is 0. The first kappa shape index (κ1) is 14.3. The summed E-state index contributed by atoms with van der Waals surface area (Å²) >= 11 is 3.37. The predicted octanol–water partition coefficient (Wildman–Crippen LogP) is 2.62. The highest BCUT2D eigenvalue weighted by atomic mass is 79.9. The third-order valence-electron chi connectivity index (χ3n) is 3.66. The zero-order valence-corrected chi connectivity index (χ0v) is 12.4. The average Bonchev–Trinajstić information content (AvgIpc) is 2.55. The van der Waals surface area contributed by atoms with Crippen LogP contribution in [-0.2, 0) is 0 Å². The molecular formula is C14H20BrN3O. The summed E-state index contributed by atoms with van der Waals surface area (Å²) in [6.07, 6.45) is 5.85. The van der Waals surface area contributed by atoms with Crippen molar-refractivity contribution in [1.82, 2.24) is 0 Å². The molecule has 2 rings (SSSR count). The quantitative estimate of drug-likeness (QED) is 0.747. The molecule has 1 aromatic carbocycles. The molecule has 0 saturated heterocycles. The normalized spacial score (nSPS) is 23.7. The van der Waals surface area contributed by atoms with Crippen molar-refractivity contribution >= 4 is 27.5 Å². The largest absolute Gasteiger partial charge is 0.381 e. The number of carbonyl (C=O) groups excluding carboxylic acids is 1. The molecule has 1 amide bonds. The van der Waals surface area contributed by atoms with E-state index < -0.39 is 5.91 Å². The van der Waals surface area contributed by atoms with Gasteiger partial charge in [-0.25, -0.2) is 0 Å². The van der Waals surface area contributed by atoms with Crippen LogP contribution in [0.1, 0.15) is 42.5 Å². The molecule has 0 aromatic heterocycles. The molecule has 1 aromatic rings. The highest BCUT2D eigenvalue weighted by molar-refractivity contribution is 9.10. The minimum absolute atomic E-state index is 0.192. The Hall–Kier alpha value is -1.07. The third kappa shape index (κ3) is 3.70. The van der Waals surface area contributed by atoms with Crippen molar-refractivity contribution in [3.63, 3.8) is 0 Å². The van der Waals surface area contributed by atoms with Crippen LogP contribution in [0.15, 0.2) is 22.7 Å². The fraction of sp³-hybridized carbons (Fsp3) is 0.500. The maximum atomic E-state index is 11.2. The topological polar surface area (TPSA) is 81.1 Å². The molecule has 104 valence electrons. The number of rotatable bonds is 3. The molecule has 0 bridgehead atoms. The number of anilines is 1. The lowest BCUT2D eigenvalue weighted by Crippen LogP contribution is -2.39. The molecule has 0 heterocycles. The van der Waals surface area contributed by atoms with E-state index in [9.17, 15) is 4.79 Å². The minimum Gasteiger partial charge on any atom is -0.381 e. The van der Waals surface area contributed by atoms with Crippen molar-refractivity contribution in [2.75, 3.05) is 5.32 Å². The van der Waals surface area contributed by atoms with Gasteiger partial charge in [0, 0.05) is 22.2 Å². The molecular weight excluding hydrogens is 306 g/mol. The fourth-order valence-electron chi connectivity index (χ4n) is 2.53. The highest BCUT2D eigenvalue weighted by Crippen LogP contribution is 2.24. The van der Waals surface area contributed by atoms with Gasteiger partial charge in [-0.05, 0) is 47.0 Å². The van der Waals surface area contributed by atoms with Crippen molar-refractivity contribution in [2.45, 2.75) is 44.2 Å². The molecule has 1 aliphatic rings. The second-order valence-electron chi connectivity index (χ2n) is 5.11. The van der Waals surface area contributed by atoms with Gasteiger partial charge in [-0.2, -0.15) is 0 Å². The van der Waals surface area contributed by atoms with Gasteiger partial charge in [-0.15, -0.1) is 0 Å². The maximum Gasteiger partial charge on any atom is 0.249 e. The van der Waals surface area contributed by atoms with Gasteiger partial charge in [0.1, 0.15) is 0 Å². The minimum atomic E-state index is -0.426. The Kier molecular flexibility index (Phi) is 4.82. The fourth-order valence-corrected chi connectivity index (χ4v) is 3.11. The van der Waals surface area contributed by atoms with E-state index in [2.05, 4.69) is 21.2 Å². The molecule has 0 spiro atoms. The van der Waals surface area contributed by atoms with E-state index >= 15 is 0 Å². The molecule has 5 N–H and O–H groups in total. The van der Waals surface area contributed by atoms with Crippen LogP contribution in [0, 0.1) is 0 Å². The maximum absolute atomic E-state index is 11.2. The zero-order valence-electron chi connectivity index (χ0n) is 10.9. The SMILES string of the molecule is NC(=O)c1ccc(NC2CCCCCC2N)cc1Br. The summed E-state index contributed by atoms with van der Waals surface area (Å²) in [5, 5.41) is 3.47. The second-order valence-corrected chi connectivity index (χ2v) is 5.97. The molecule has 1 aliphatic carbocycles. The van der Waals surface area contributed by atoms with Crippen molar-refractivity contribution in [3.05, 3.63) is 28.2 Å². The first-order valence-electron chi connectivity index (χ1n) is 6.69. The number of primary amides is 1. The Balaban J connectivity index is 2.10. The molecule has 0 radical (unpaired) electrons. The zero-order chi connectivity index (χ0) is 13.8. The van der Waals surface area contributed by atoms with Crippen LogP contribution in [0.5, 0.6) is 0 Å². The van der Waals surface area contributed by atoms with E-state index in [1.807, 2.05) is 12.1 Å². The standard InChI is InChI=1S/C14H20BrN3O/c15-11-8-9(6-7-10(11)14(17)19)18-13-5-3-1-2-4-12(13)16/h6-8,12-13,18H,1-5,16H2,(H2,17,19). The first-order valence-corrected chi connectivity index (χ1v) is 7.48. The van der Waals surface area contributed by atoms with E-state index in [1.54, 1.807) is 6.07 Å². The van der Waals surface area contributed by atoms with Gasteiger partial charge in [0.25, 0.3) is 0 Å². The van der Waals surface area contributed by atoms with E-state index in [-0.39, 0.29) is 6.04 Å². The van der Waals surface area contributed by atoms with Gasteiger partial charge in [0.05, 0.1) is 5.56 Å². The number of nitrogens with one attached hydrogen (secondary N) is 1. The Labute approximate surface area is 122 Å². The lowest BCUT2D eigenvalue weighted by atomic mass is 10.0. The van der Waals surface area contributed by atoms with Crippen LogP contribution in [0.3, 0.4) is 0 Å². The molecule has 0 aliphatic heterocycles. The monoisotopic (exact) mass is 325 g/mol. The van der Waals surface area contributed by atoms with Crippen LogP contribution in [0.2, 0.25) is 0 Å². The summed E-state index contributed by atoms with van der Waals surface area (Å²) < 4.78 is 0.715. The molecule has 5 heteroatoms. The number of halogens is 1. The van der Waals surface area contributed by atoms with E-state index in [1.165, 1.54) is 19.3 Å². The van der Waals surface area contributed by atoms with Gasteiger partial charge in [-0.3, -0.25) is 4.79 Å². The molecule has 1 saturated carbocycles. The molecule has 4 nitrogen and oxygen atoms in total. The molecule has 2 atom stereocenters. The summed E-state index contributed by atoms with van der Waals surface area (Å²) in [5.41, 5.74) is 12.9. The summed E-state index contributed by atoms with van der Waals surface area (Å²) in [5.74, 6) is -0.426. The van der Waals surface area contributed by atoms with E-state index in [4.69, 9.17) is 11.5 Å². The van der Waals surface area contributed by atoms with E-state index in [0.29, 0.717) is 16.1 Å². The number of nitrogens with two attached hydrogens (primary N) is 2. The van der Waals surface area contributed by atoms with Gasteiger partial charge in [0.2, 0.25) is 5.91 Å². The predicted molar refractivity (Wildman–Crippen MR) is 81.1 cm³/mol. The van der Waals surface area contributed by atoms with Crippen LogP contribution < -0.4 is 16.8 Å². The summed E-state index contributed by atoms with van der Waals surface area (Å²) in [7, 11) is 0. The van der Waals surface area contributed by atoms with Crippen molar-refractivity contribution in [1.29, 1.82) is 0 Å². The lowest BCUT2D eigenvalue weighted by Gasteiger charge is -2.24. The Morgan fingerprint density at radius 2 is 2.00 bits per heavy atom. The number of amides is 1. The van der Waals surface area contributed by atoms with Crippen LogP contribution in [0.4, 0.5) is 5.69 Å². The number of carbonyl (C=O) groups is 1. The van der Waals surface area contributed by atoms with Crippen LogP contribution in [0.25, 0.3) is 0 Å². The third-order valence-corrected chi connectivity index (χ3v) is 4.31. The molecule has 2 unspecified atom stereocenters. The van der Waals surface area contributed by atoms with E-state index in [0.717, 1.165) is 18.5 Å². The number of hydrogen-bond acceptors (Lipinski definition) is 3. The Morgan fingerprint density at radius 3 is 2.68 bits per heavy atom. The highest BCUT2D eigenvalue weighted by Gasteiger charge is 2.20. The molecule has 1 fully saturated rings.